The molecule has 0 aliphatic heterocycles. The molecule has 3 rings (SSSR count). The number of carbonyl (C=O) groups excluding carboxylic acids is 1. The predicted molar refractivity (Wildman–Crippen MR) is 96.0 cm³/mol. The number of benzene rings is 1. The van der Waals surface area contributed by atoms with Crippen LogP contribution in [0.1, 0.15) is 15.9 Å². The van der Waals surface area contributed by atoms with Crippen molar-refractivity contribution in [2.45, 2.75) is 6.42 Å². The van der Waals surface area contributed by atoms with Crippen LogP contribution in [-0.2, 0) is 13.5 Å². The largest absolute Gasteiger partial charge is 0.496 e. The molecule has 0 unspecified atom stereocenters. The van der Waals surface area contributed by atoms with E-state index in [0.717, 1.165) is 16.7 Å². The van der Waals surface area contributed by atoms with Gasteiger partial charge in [-0.05, 0) is 36.2 Å². The number of nitrogens with zero attached hydrogens (tertiary/aromatic N) is 2. The summed E-state index contributed by atoms with van der Waals surface area (Å²) in [5.41, 5.74) is 1.31. The van der Waals surface area contributed by atoms with Crippen molar-refractivity contribution in [1.82, 2.24) is 14.9 Å². The number of pyridine rings is 2. The Morgan fingerprint density at radius 3 is 2.84 bits per heavy atom. The fourth-order valence-electron chi connectivity index (χ4n) is 2.77. The first-order valence-electron chi connectivity index (χ1n) is 7.96. The number of ether oxygens (including phenoxy) is 1. The van der Waals surface area contributed by atoms with Gasteiger partial charge in [-0.1, -0.05) is 18.2 Å². The summed E-state index contributed by atoms with van der Waals surface area (Å²) in [7, 11) is 3.23. The second-order valence-electron chi connectivity index (χ2n) is 5.66. The van der Waals surface area contributed by atoms with Crippen LogP contribution in [0.5, 0.6) is 5.75 Å². The maximum absolute atomic E-state index is 12.4. The molecule has 0 bridgehead atoms. The maximum atomic E-state index is 12.4. The van der Waals surface area contributed by atoms with Crippen LogP contribution < -0.4 is 15.6 Å². The SMILES string of the molecule is COc1ccccc1CCNC(=O)c1cc2cccnc2n(C)c1=O. The van der Waals surface area contributed by atoms with Crippen molar-refractivity contribution in [1.29, 1.82) is 0 Å². The van der Waals surface area contributed by atoms with E-state index in [9.17, 15) is 9.59 Å². The molecule has 2 heterocycles. The summed E-state index contributed by atoms with van der Waals surface area (Å²) in [6, 6.07) is 12.8. The van der Waals surface area contributed by atoms with Gasteiger partial charge in [0.25, 0.3) is 11.5 Å². The standard InChI is InChI=1S/C19H19N3O3/c1-22-17-14(7-5-10-20-17)12-15(19(22)24)18(23)21-11-9-13-6-3-4-8-16(13)25-2/h3-8,10,12H,9,11H2,1-2H3,(H,21,23). The van der Waals surface area contributed by atoms with E-state index < -0.39 is 0 Å². The zero-order valence-electron chi connectivity index (χ0n) is 14.2. The number of fused-ring (bicyclic) bond motifs is 1. The maximum Gasteiger partial charge on any atom is 0.264 e. The van der Waals surface area contributed by atoms with Gasteiger partial charge < -0.3 is 10.1 Å². The highest BCUT2D eigenvalue weighted by atomic mass is 16.5. The lowest BCUT2D eigenvalue weighted by Crippen LogP contribution is -2.33. The molecule has 1 amide bonds. The molecule has 2 aromatic heterocycles. The Morgan fingerprint density at radius 2 is 2.04 bits per heavy atom. The summed E-state index contributed by atoms with van der Waals surface area (Å²) < 4.78 is 6.69. The van der Waals surface area contributed by atoms with Crippen LogP contribution in [-0.4, -0.2) is 29.1 Å². The van der Waals surface area contributed by atoms with Gasteiger partial charge in [-0.3, -0.25) is 14.2 Å². The molecule has 0 aliphatic rings. The third kappa shape index (κ3) is 3.38. The van der Waals surface area contributed by atoms with E-state index in [0.29, 0.717) is 18.6 Å². The fourth-order valence-corrected chi connectivity index (χ4v) is 2.77. The van der Waals surface area contributed by atoms with Crippen molar-refractivity contribution in [3.05, 3.63) is 70.1 Å². The highest BCUT2D eigenvalue weighted by Crippen LogP contribution is 2.17. The number of hydrogen-bond acceptors (Lipinski definition) is 4. The summed E-state index contributed by atoms with van der Waals surface area (Å²) in [6.45, 7) is 0.410. The minimum atomic E-state index is -0.388. The van der Waals surface area contributed by atoms with Crippen molar-refractivity contribution in [2.24, 2.45) is 7.05 Å². The van der Waals surface area contributed by atoms with Crippen molar-refractivity contribution in [3.8, 4) is 5.75 Å². The Bertz CT molecular complexity index is 979. The molecule has 0 aliphatic carbocycles. The van der Waals surface area contributed by atoms with Gasteiger partial charge in [0.1, 0.15) is 17.0 Å². The van der Waals surface area contributed by atoms with Gasteiger partial charge >= 0.3 is 0 Å². The number of amides is 1. The molecular weight excluding hydrogens is 318 g/mol. The smallest absolute Gasteiger partial charge is 0.264 e. The number of aryl methyl sites for hydroxylation is 1. The minimum Gasteiger partial charge on any atom is -0.496 e. The van der Waals surface area contributed by atoms with Crippen LogP contribution >= 0.6 is 0 Å². The normalized spacial score (nSPS) is 10.6. The number of rotatable bonds is 5. The van der Waals surface area contributed by atoms with Gasteiger partial charge in [0.15, 0.2) is 0 Å². The van der Waals surface area contributed by atoms with Crippen LogP contribution in [0.4, 0.5) is 0 Å². The van der Waals surface area contributed by atoms with Gasteiger partial charge in [0, 0.05) is 25.2 Å². The first-order chi connectivity index (χ1) is 12.1. The molecule has 0 fully saturated rings. The van der Waals surface area contributed by atoms with Crippen molar-refractivity contribution in [2.75, 3.05) is 13.7 Å². The number of methoxy groups -OCH3 is 1. The average molecular weight is 337 g/mol. The number of carbonyl (C=O) groups is 1. The summed E-state index contributed by atoms with van der Waals surface area (Å²) in [5, 5.41) is 3.55. The number of aromatic nitrogens is 2. The fraction of sp³-hybridized carbons (Fsp3) is 0.211. The average Bonchev–Trinajstić information content (AvgIpc) is 2.65. The van der Waals surface area contributed by atoms with Crippen molar-refractivity contribution in [3.63, 3.8) is 0 Å². The lowest BCUT2D eigenvalue weighted by Gasteiger charge is -2.10. The third-order valence-corrected chi connectivity index (χ3v) is 4.09. The monoisotopic (exact) mass is 337 g/mol. The highest BCUT2D eigenvalue weighted by molar-refractivity contribution is 5.96. The molecular formula is C19H19N3O3. The second-order valence-corrected chi connectivity index (χ2v) is 5.66. The third-order valence-electron chi connectivity index (χ3n) is 4.09. The van der Waals surface area contributed by atoms with Crippen LogP contribution in [0, 0.1) is 0 Å². The summed E-state index contributed by atoms with van der Waals surface area (Å²) in [5.74, 6) is 0.394. The summed E-state index contributed by atoms with van der Waals surface area (Å²) in [6.07, 6.45) is 2.24. The van der Waals surface area contributed by atoms with E-state index >= 15 is 0 Å². The van der Waals surface area contributed by atoms with E-state index in [-0.39, 0.29) is 17.0 Å². The zero-order valence-corrected chi connectivity index (χ0v) is 14.2. The first kappa shape index (κ1) is 16.7. The number of nitrogens with one attached hydrogen (secondary N) is 1. The Hall–Kier alpha value is -3.15. The lowest BCUT2D eigenvalue weighted by molar-refractivity contribution is 0.0952. The first-order valence-corrected chi connectivity index (χ1v) is 7.96. The molecule has 1 N–H and O–H groups in total. The molecule has 0 atom stereocenters. The molecule has 25 heavy (non-hydrogen) atoms. The van der Waals surface area contributed by atoms with E-state index in [4.69, 9.17) is 4.74 Å². The summed E-state index contributed by atoms with van der Waals surface area (Å²) >= 11 is 0. The van der Waals surface area contributed by atoms with E-state index in [1.54, 1.807) is 32.5 Å². The minimum absolute atomic E-state index is 0.114. The number of hydrogen-bond donors (Lipinski definition) is 1. The second kappa shape index (κ2) is 7.17. The Labute approximate surface area is 145 Å². The van der Waals surface area contributed by atoms with Crippen LogP contribution in [0.3, 0.4) is 0 Å². The molecule has 6 heteroatoms. The van der Waals surface area contributed by atoms with Gasteiger partial charge in [0.05, 0.1) is 7.11 Å². The molecule has 0 saturated carbocycles. The van der Waals surface area contributed by atoms with Gasteiger partial charge in [-0.25, -0.2) is 4.98 Å². The predicted octanol–water partition coefficient (Wildman–Crippen LogP) is 1.91. The number of para-hydroxylation sites is 1. The van der Waals surface area contributed by atoms with E-state index in [1.807, 2.05) is 30.3 Å². The Kier molecular flexibility index (Phi) is 4.79. The van der Waals surface area contributed by atoms with Crippen molar-refractivity contribution >= 4 is 16.9 Å². The van der Waals surface area contributed by atoms with Gasteiger partial charge in [-0.2, -0.15) is 0 Å². The molecule has 3 aromatic rings. The van der Waals surface area contributed by atoms with Crippen LogP contribution in [0.15, 0.2) is 53.5 Å². The van der Waals surface area contributed by atoms with Gasteiger partial charge in [-0.15, -0.1) is 0 Å². The van der Waals surface area contributed by atoms with Crippen molar-refractivity contribution < 1.29 is 9.53 Å². The van der Waals surface area contributed by atoms with E-state index in [1.165, 1.54) is 4.57 Å². The van der Waals surface area contributed by atoms with Gasteiger partial charge in [0.2, 0.25) is 0 Å². The molecule has 0 spiro atoms. The Morgan fingerprint density at radius 1 is 1.24 bits per heavy atom. The molecule has 0 saturated heterocycles. The molecule has 0 radical (unpaired) electrons. The van der Waals surface area contributed by atoms with Crippen LogP contribution in [0.2, 0.25) is 0 Å². The lowest BCUT2D eigenvalue weighted by atomic mass is 10.1. The van der Waals surface area contributed by atoms with E-state index in [2.05, 4.69) is 10.3 Å². The van der Waals surface area contributed by atoms with Crippen LogP contribution in [0.25, 0.3) is 11.0 Å². The quantitative estimate of drug-likeness (QED) is 0.772. The summed E-state index contributed by atoms with van der Waals surface area (Å²) in [4.78, 5) is 29.0. The molecule has 6 nitrogen and oxygen atoms in total. The molecule has 1 aromatic carbocycles. The Balaban J connectivity index is 1.77. The molecule has 128 valence electrons. The topological polar surface area (TPSA) is 73.2 Å². The zero-order chi connectivity index (χ0) is 17.8. The highest BCUT2D eigenvalue weighted by Gasteiger charge is 2.14.